The van der Waals surface area contributed by atoms with Crippen LogP contribution in [0.2, 0.25) is 0 Å². The minimum absolute atomic E-state index is 0.0511. The van der Waals surface area contributed by atoms with E-state index in [0.717, 1.165) is 22.4 Å². The van der Waals surface area contributed by atoms with Gasteiger partial charge in [-0.15, -0.1) is 0 Å². The van der Waals surface area contributed by atoms with Crippen molar-refractivity contribution < 1.29 is 14.9 Å². The molecule has 2 rings (SSSR count). The predicted molar refractivity (Wildman–Crippen MR) is 66.5 cm³/mol. The smallest absolute Gasteiger partial charge is 0.119 e. The second kappa shape index (κ2) is 4.37. The Hall–Kier alpha value is -2.16. The Morgan fingerprint density at radius 2 is 1.59 bits per heavy atom. The van der Waals surface area contributed by atoms with E-state index in [1.165, 1.54) is 6.07 Å². The highest BCUT2D eigenvalue weighted by molar-refractivity contribution is 5.70. The summed E-state index contributed by atoms with van der Waals surface area (Å²) >= 11 is 0. The van der Waals surface area contributed by atoms with E-state index in [1.54, 1.807) is 19.2 Å². The molecule has 17 heavy (non-hydrogen) atoms. The van der Waals surface area contributed by atoms with Gasteiger partial charge < -0.3 is 14.9 Å². The fourth-order valence-corrected chi connectivity index (χ4v) is 1.84. The molecule has 0 saturated carbocycles. The van der Waals surface area contributed by atoms with Crippen LogP contribution in [0.15, 0.2) is 36.4 Å². The molecular formula is C14H14O3. The zero-order valence-electron chi connectivity index (χ0n) is 9.77. The second-order valence-corrected chi connectivity index (χ2v) is 3.92. The molecule has 0 atom stereocenters. The number of methoxy groups -OCH3 is 1. The first-order chi connectivity index (χ1) is 8.10. The second-order valence-electron chi connectivity index (χ2n) is 3.92. The van der Waals surface area contributed by atoms with Crippen molar-refractivity contribution in [2.75, 3.05) is 7.11 Å². The highest BCUT2D eigenvalue weighted by Crippen LogP contribution is 2.32. The number of phenolic OH excluding ortho intramolecular Hbond substituents is 2. The molecule has 3 heteroatoms. The fourth-order valence-electron chi connectivity index (χ4n) is 1.84. The molecule has 88 valence electrons. The molecule has 0 bridgehead atoms. The number of benzene rings is 2. The van der Waals surface area contributed by atoms with E-state index in [2.05, 4.69) is 0 Å². The van der Waals surface area contributed by atoms with Crippen molar-refractivity contribution in [3.05, 3.63) is 42.0 Å². The maximum absolute atomic E-state index is 9.46. The van der Waals surface area contributed by atoms with E-state index >= 15 is 0 Å². The van der Waals surface area contributed by atoms with Crippen molar-refractivity contribution in [3.63, 3.8) is 0 Å². The van der Waals surface area contributed by atoms with Gasteiger partial charge in [-0.2, -0.15) is 0 Å². The largest absolute Gasteiger partial charge is 0.508 e. The van der Waals surface area contributed by atoms with Gasteiger partial charge in [0.15, 0.2) is 0 Å². The molecule has 0 aromatic heterocycles. The molecule has 0 heterocycles. The molecule has 0 aliphatic carbocycles. The quantitative estimate of drug-likeness (QED) is 0.833. The van der Waals surface area contributed by atoms with Crippen LogP contribution in [-0.4, -0.2) is 17.3 Å². The molecule has 3 nitrogen and oxygen atoms in total. The van der Waals surface area contributed by atoms with E-state index in [0.29, 0.717) is 0 Å². The highest BCUT2D eigenvalue weighted by atomic mass is 16.5. The zero-order chi connectivity index (χ0) is 12.4. The number of aryl methyl sites for hydroxylation is 1. The van der Waals surface area contributed by atoms with Crippen LogP contribution in [0.5, 0.6) is 17.2 Å². The molecule has 2 aromatic rings. The maximum atomic E-state index is 9.46. The van der Waals surface area contributed by atoms with Crippen LogP contribution in [0, 0.1) is 6.92 Å². The summed E-state index contributed by atoms with van der Waals surface area (Å²) in [5.41, 5.74) is 2.76. The van der Waals surface area contributed by atoms with Crippen molar-refractivity contribution in [2.24, 2.45) is 0 Å². The standard InChI is InChI=1S/C14H14O3/c1-9-5-13(17-2)3-4-14(9)10-6-11(15)8-12(16)7-10/h3-8,15-16H,1-2H3. The van der Waals surface area contributed by atoms with Crippen LogP contribution >= 0.6 is 0 Å². The summed E-state index contributed by atoms with van der Waals surface area (Å²) in [5, 5.41) is 18.9. The van der Waals surface area contributed by atoms with Crippen molar-refractivity contribution in [2.45, 2.75) is 6.92 Å². The molecule has 0 aliphatic rings. The molecular weight excluding hydrogens is 216 g/mol. The van der Waals surface area contributed by atoms with Gasteiger partial charge in [0.2, 0.25) is 0 Å². The van der Waals surface area contributed by atoms with Crippen LogP contribution in [0.3, 0.4) is 0 Å². The van der Waals surface area contributed by atoms with Gasteiger partial charge in [0.1, 0.15) is 17.2 Å². The fraction of sp³-hybridized carbons (Fsp3) is 0.143. The first-order valence-corrected chi connectivity index (χ1v) is 5.28. The molecule has 0 aliphatic heterocycles. The normalized spacial score (nSPS) is 10.2. The van der Waals surface area contributed by atoms with E-state index in [4.69, 9.17) is 4.74 Å². The number of phenols is 2. The van der Waals surface area contributed by atoms with Gasteiger partial charge in [-0.3, -0.25) is 0 Å². The summed E-state index contributed by atoms with van der Waals surface area (Å²) in [6.45, 7) is 1.96. The van der Waals surface area contributed by atoms with Gasteiger partial charge in [0.05, 0.1) is 7.11 Å². The van der Waals surface area contributed by atoms with E-state index in [1.807, 2.05) is 25.1 Å². The topological polar surface area (TPSA) is 49.7 Å². The van der Waals surface area contributed by atoms with Crippen LogP contribution in [0.25, 0.3) is 11.1 Å². The lowest BCUT2D eigenvalue weighted by Gasteiger charge is -2.09. The molecule has 2 aromatic carbocycles. The summed E-state index contributed by atoms with van der Waals surface area (Å²) < 4.78 is 5.13. The molecule has 0 amide bonds. The Labute approximate surface area is 99.9 Å². The van der Waals surface area contributed by atoms with Crippen molar-refractivity contribution in [3.8, 4) is 28.4 Å². The predicted octanol–water partition coefficient (Wildman–Crippen LogP) is 3.08. The van der Waals surface area contributed by atoms with Crippen LogP contribution < -0.4 is 4.74 Å². The SMILES string of the molecule is COc1ccc(-c2cc(O)cc(O)c2)c(C)c1. The zero-order valence-corrected chi connectivity index (χ0v) is 9.77. The van der Waals surface area contributed by atoms with E-state index in [9.17, 15) is 10.2 Å². The lowest BCUT2D eigenvalue weighted by atomic mass is 10.00. The third-order valence-electron chi connectivity index (χ3n) is 2.65. The van der Waals surface area contributed by atoms with Crippen LogP contribution in [0.1, 0.15) is 5.56 Å². The summed E-state index contributed by atoms with van der Waals surface area (Å²) in [7, 11) is 1.62. The summed E-state index contributed by atoms with van der Waals surface area (Å²) in [6.07, 6.45) is 0. The monoisotopic (exact) mass is 230 g/mol. The van der Waals surface area contributed by atoms with Crippen molar-refractivity contribution in [1.82, 2.24) is 0 Å². The Bertz CT molecular complexity index is 527. The summed E-state index contributed by atoms with van der Waals surface area (Å²) in [5.74, 6) is 0.890. The van der Waals surface area contributed by atoms with Gasteiger partial charge in [0, 0.05) is 6.07 Å². The van der Waals surface area contributed by atoms with E-state index < -0.39 is 0 Å². The molecule has 0 radical (unpaired) electrons. The Morgan fingerprint density at radius 1 is 0.941 bits per heavy atom. The average Bonchev–Trinajstić information content (AvgIpc) is 2.27. The van der Waals surface area contributed by atoms with Crippen molar-refractivity contribution in [1.29, 1.82) is 0 Å². The molecule has 2 N–H and O–H groups in total. The third kappa shape index (κ3) is 2.33. The van der Waals surface area contributed by atoms with Gasteiger partial charge in [-0.25, -0.2) is 0 Å². The first-order valence-electron chi connectivity index (χ1n) is 5.28. The Balaban J connectivity index is 2.52. The molecule has 0 saturated heterocycles. The van der Waals surface area contributed by atoms with Crippen molar-refractivity contribution >= 4 is 0 Å². The van der Waals surface area contributed by atoms with Gasteiger partial charge in [0.25, 0.3) is 0 Å². The molecule has 0 fully saturated rings. The summed E-state index contributed by atoms with van der Waals surface area (Å²) in [4.78, 5) is 0. The van der Waals surface area contributed by atoms with Gasteiger partial charge in [-0.05, 0) is 47.9 Å². The lowest BCUT2D eigenvalue weighted by Crippen LogP contribution is -1.87. The Morgan fingerprint density at radius 3 is 2.12 bits per heavy atom. The molecule has 0 spiro atoms. The van der Waals surface area contributed by atoms with Crippen LogP contribution in [0.4, 0.5) is 0 Å². The minimum Gasteiger partial charge on any atom is -0.508 e. The highest BCUT2D eigenvalue weighted by Gasteiger charge is 2.06. The van der Waals surface area contributed by atoms with Gasteiger partial charge >= 0.3 is 0 Å². The number of hydrogen-bond donors (Lipinski definition) is 2. The third-order valence-corrected chi connectivity index (χ3v) is 2.65. The lowest BCUT2D eigenvalue weighted by molar-refractivity contribution is 0.414. The van der Waals surface area contributed by atoms with Crippen LogP contribution in [-0.2, 0) is 0 Å². The Kier molecular flexibility index (Phi) is 2.91. The maximum Gasteiger partial charge on any atom is 0.119 e. The number of rotatable bonds is 2. The number of aromatic hydroxyl groups is 2. The van der Waals surface area contributed by atoms with E-state index in [-0.39, 0.29) is 11.5 Å². The summed E-state index contributed by atoms with van der Waals surface area (Å²) in [6, 6.07) is 10.2. The first kappa shape index (κ1) is 11.3. The number of hydrogen-bond acceptors (Lipinski definition) is 3. The number of ether oxygens (including phenoxy) is 1. The van der Waals surface area contributed by atoms with Gasteiger partial charge in [-0.1, -0.05) is 6.07 Å². The minimum atomic E-state index is 0.0511. The average molecular weight is 230 g/mol. The molecule has 0 unspecified atom stereocenters.